The lowest BCUT2D eigenvalue weighted by Crippen LogP contribution is -2.10. The smallest absolute Gasteiger partial charge is 0.0624 e. The first kappa shape index (κ1) is 32.6. The summed E-state index contributed by atoms with van der Waals surface area (Å²) >= 11 is 5.53. The van der Waals surface area contributed by atoms with Crippen molar-refractivity contribution >= 4 is 41.0 Å². The fourth-order valence-corrected chi connectivity index (χ4v) is 7.70. The maximum atomic E-state index is 3.72. The molecule has 0 spiro atoms. The molecule has 0 aliphatic heterocycles. The summed E-state index contributed by atoms with van der Waals surface area (Å²) in [4.78, 5) is 7.53. The average molecular weight is 614 g/mol. The molecule has 0 aliphatic rings. The molecule has 1 nitrogen and oxygen atoms in total. The largest absolute Gasteiger partial charge is 0.383 e. The van der Waals surface area contributed by atoms with Gasteiger partial charge in [-0.2, -0.15) is 0 Å². The quantitative estimate of drug-likeness (QED) is 0.212. The van der Waals surface area contributed by atoms with Crippen molar-refractivity contribution in [3.05, 3.63) is 102 Å². The number of anilines is 1. The van der Waals surface area contributed by atoms with E-state index in [1.807, 2.05) is 35.3 Å². The van der Waals surface area contributed by atoms with Crippen molar-refractivity contribution in [3.8, 4) is 0 Å². The lowest BCUT2D eigenvalue weighted by molar-refractivity contribution is 0.589. The monoisotopic (exact) mass is 613 g/mol. The molecular weight excluding hydrogens is 567 g/mol. The maximum Gasteiger partial charge on any atom is 0.0624 e. The molecule has 0 aliphatic carbocycles. The van der Waals surface area contributed by atoms with Gasteiger partial charge in [0.25, 0.3) is 0 Å². The molecule has 0 saturated heterocycles. The van der Waals surface area contributed by atoms with Crippen LogP contribution >= 0.6 is 35.3 Å². The van der Waals surface area contributed by atoms with E-state index in [-0.39, 0.29) is 16.2 Å². The Labute approximate surface area is 268 Å². The van der Waals surface area contributed by atoms with Gasteiger partial charge in [-0.15, -0.1) is 0 Å². The third-order valence-electron chi connectivity index (χ3n) is 7.25. The second kappa shape index (κ2) is 13.2. The van der Waals surface area contributed by atoms with Crippen LogP contribution < -0.4 is 5.32 Å². The molecule has 4 aromatic carbocycles. The lowest BCUT2D eigenvalue weighted by Gasteiger charge is -2.21. The molecule has 0 saturated carbocycles. The number of benzene rings is 4. The Hall–Kier alpha value is -2.27. The van der Waals surface area contributed by atoms with Crippen molar-refractivity contribution in [3.63, 3.8) is 0 Å². The highest BCUT2D eigenvalue weighted by Crippen LogP contribution is 2.46. The van der Waals surface area contributed by atoms with Crippen molar-refractivity contribution in [1.29, 1.82) is 0 Å². The topological polar surface area (TPSA) is 12.0 Å². The van der Waals surface area contributed by atoms with Crippen LogP contribution in [0.5, 0.6) is 0 Å². The summed E-state index contributed by atoms with van der Waals surface area (Å²) in [6.45, 7) is 23.5. The van der Waals surface area contributed by atoms with Crippen LogP contribution in [0.4, 0.5) is 5.69 Å². The highest BCUT2D eigenvalue weighted by atomic mass is 32.2. The van der Waals surface area contributed by atoms with Gasteiger partial charge < -0.3 is 5.32 Å². The van der Waals surface area contributed by atoms with Gasteiger partial charge >= 0.3 is 0 Å². The van der Waals surface area contributed by atoms with Crippen molar-refractivity contribution in [2.24, 2.45) is 0 Å². The molecule has 0 atom stereocenters. The first-order valence-electron chi connectivity index (χ1n) is 14.9. The molecular formula is C38H47NS3. The highest BCUT2D eigenvalue weighted by molar-refractivity contribution is 8.01. The molecule has 4 aromatic rings. The molecule has 0 fully saturated rings. The third kappa shape index (κ3) is 8.65. The first-order chi connectivity index (χ1) is 19.6. The Morgan fingerprint density at radius 3 is 1.05 bits per heavy atom. The van der Waals surface area contributed by atoms with E-state index in [9.17, 15) is 0 Å². The minimum Gasteiger partial charge on any atom is -0.383 e. The molecule has 0 bridgehead atoms. The van der Waals surface area contributed by atoms with E-state index in [4.69, 9.17) is 0 Å². The Kier molecular flexibility index (Phi) is 10.2. The highest BCUT2D eigenvalue weighted by Gasteiger charge is 2.18. The third-order valence-corrected chi connectivity index (χ3v) is 10.3. The summed E-state index contributed by atoms with van der Waals surface area (Å²) in [5.74, 6) is 0. The van der Waals surface area contributed by atoms with E-state index in [0.29, 0.717) is 0 Å². The Morgan fingerprint density at radius 2 is 0.762 bits per heavy atom. The molecule has 42 heavy (non-hydrogen) atoms. The van der Waals surface area contributed by atoms with Crippen LogP contribution in [0.2, 0.25) is 0 Å². The second-order valence-corrected chi connectivity index (χ2v) is 17.3. The van der Waals surface area contributed by atoms with Gasteiger partial charge in [-0.05, 0) is 88.4 Å². The van der Waals surface area contributed by atoms with Crippen LogP contribution in [0, 0.1) is 0 Å². The zero-order valence-electron chi connectivity index (χ0n) is 27.0. The molecule has 4 heteroatoms. The van der Waals surface area contributed by atoms with E-state index in [1.165, 1.54) is 51.8 Å². The fourth-order valence-electron chi connectivity index (χ4n) is 4.60. The first-order valence-corrected chi connectivity index (χ1v) is 17.4. The average Bonchev–Trinajstić information content (AvgIpc) is 2.90. The van der Waals surface area contributed by atoms with E-state index in [0.717, 1.165) is 6.54 Å². The molecule has 0 amide bonds. The van der Waals surface area contributed by atoms with Crippen LogP contribution in [0.1, 0.15) is 85.9 Å². The summed E-state index contributed by atoms with van der Waals surface area (Å²) in [7, 11) is 0. The number of rotatable bonds is 8. The molecule has 1 N–H and O–H groups in total. The molecule has 4 rings (SSSR count). The van der Waals surface area contributed by atoms with Gasteiger partial charge in [0.1, 0.15) is 0 Å². The van der Waals surface area contributed by atoms with Crippen LogP contribution in [-0.4, -0.2) is 6.54 Å². The van der Waals surface area contributed by atoms with Crippen molar-refractivity contribution in [2.75, 3.05) is 11.9 Å². The molecule has 0 unspecified atom stereocenters. The van der Waals surface area contributed by atoms with Crippen LogP contribution in [0.3, 0.4) is 0 Å². The lowest BCUT2D eigenvalue weighted by atomic mass is 9.87. The Balaban J connectivity index is 1.74. The van der Waals surface area contributed by atoms with E-state index < -0.39 is 0 Å². The van der Waals surface area contributed by atoms with Gasteiger partial charge in [0.05, 0.1) is 5.69 Å². The maximum absolute atomic E-state index is 3.72. The van der Waals surface area contributed by atoms with Crippen LogP contribution in [-0.2, 0) is 16.2 Å². The minimum atomic E-state index is 0.142. The number of nitrogens with one attached hydrogen (secondary N) is 1. The normalized spacial score (nSPS) is 12.4. The van der Waals surface area contributed by atoms with Gasteiger partial charge in [0, 0.05) is 35.9 Å². The zero-order chi connectivity index (χ0) is 30.7. The summed E-state index contributed by atoms with van der Waals surface area (Å²) < 4.78 is 0. The van der Waals surface area contributed by atoms with E-state index in [2.05, 4.69) is 159 Å². The van der Waals surface area contributed by atoms with Crippen molar-refractivity contribution < 1.29 is 0 Å². The molecule has 0 aromatic heterocycles. The van der Waals surface area contributed by atoms with Crippen LogP contribution in [0.15, 0.2) is 114 Å². The summed E-state index contributed by atoms with van der Waals surface area (Å²) in [5.41, 5.74) is 5.72. The molecule has 222 valence electrons. The van der Waals surface area contributed by atoms with Gasteiger partial charge in [-0.1, -0.05) is 134 Å². The summed E-state index contributed by atoms with van der Waals surface area (Å²) in [6, 6.07) is 32.0. The predicted octanol–water partition coefficient (Wildman–Crippen LogP) is 12.5. The van der Waals surface area contributed by atoms with Gasteiger partial charge in [0.15, 0.2) is 0 Å². The second-order valence-electron chi connectivity index (χ2n) is 14.0. The van der Waals surface area contributed by atoms with E-state index in [1.54, 1.807) is 0 Å². The molecule has 0 heterocycles. The zero-order valence-corrected chi connectivity index (χ0v) is 29.5. The standard InChI is InChI=1S/C38H47NS3/c1-11-39-35-33(41-30-20-14-27(15-21-30)37(5,6)7)24-32(40-29-18-12-26(13-19-29)36(2,3)4)25-34(35)42-31-22-16-28(17-23-31)38(8,9)10/h12-25,39H,11H2,1-10H3. The Morgan fingerprint density at radius 1 is 0.452 bits per heavy atom. The summed E-state index contributed by atoms with van der Waals surface area (Å²) in [5, 5.41) is 3.72. The minimum absolute atomic E-state index is 0.142. The fraction of sp³-hybridized carbons (Fsp3) is 0.368. The number of hydrogen-bond donors (Lipinski definition) is 1. The van der Waals surface area contributed by atoms with E-state index >= 15 is 0 Å². The Bertz CT molecular complexity index is 1380. The van der Waals surface area contributed by atoms with Crippen LogP contribution in [0.25, 0.3) is 0 Å². The van der Waals surface area contributed by atoms with Gasteiger partial charge in [-0.3, -0.25) is 0 Å². The van der Waals surface area contributed by atoms with Crippen molar-refractivity contribution in [1.82, 2.24) is 0 Å². The van der Waals surface area contributed by atoms with Gasteiger partial charge in [-0.25, -0.2) is 0 Å². The number of hydrogen-bond acceptors (Lipinski definition) is 4. The van der Waals surface area contributed by atoms with Gasteiger partial charge in [0.2, 0.25) is 0 Å². The molecule has 0 radical (unpaired) electrons. The predicted molar refractivity (Wildman–Crippen MR) is 188 cm³/mol. The summed E-state index contributed by atoms with van der Waals surface area (Å²) in [6.07, 6.45) is 0. The SMILES string of the molecule is CCNc1c(Sc2ccc(C(C)(C)C)cc2)cc(Sc2ccc(C(C)(C)C)cc2)cc1Sc1ccc(C(C)(C)C)cc1. The van der Waals surface area contributed by atoms with Crippen molar-refractivity contribution in [2.45, 2.75) is 115 Å².